The van der Waals surface area contributed by atoms with E-state index in [1.54, 1.807) is 0 Å². The molecule has 3 heteroatoms. The summed E-state index contributed by atoms with van der Waals surface area (Å²) in [6, 6.07) is 0. The van der Waals surface area contributed by atoms with Crippen LogP contribution in [-0.4, -0.2) is 42.8 Å². The topological polar surface area (TPSA) is 49.5 Å². The molecule has 1 rings (SSSR count). The summed E-state index contributed by atoms with van der Waals surface area (Å²) in [6.07, 6.45) is 2.28. The van der Waals surface area contributed by atoms with Gasteiger partial charge in [0.25, 0.3) is 0 Å². The van der Waals surface area contributed by atoms with E-state index in [2.05, 4.69) is 0 Å². The summed E-state index contributed by atoms with van der Waals surface area (Å²) in [6.45, 7) is 1.07. The molecular weight excluding hydrogens is 140 g/mol. The Hall–Kier alpha value is -0.120. The Morgan fingerprint density at radius 2 is 2.09 bits per heavy atom. The van der Waals surface area contributed by atoms with Gasteiger partial charge in [-0.1, -0.05) is 0 Å². The third kappa shape index (κ3) is 2.15. The van der Waals surface area contributed by atoms with Crippen molar-refractivity contribution < 1.29 is 5.11 Å². The van der Waals surface area contributed by atoms with E-state index >= 15 is 0 Å². The molecule has 11 heavy (non-hydrogen) atoms. The van der Waals surface area contributed by atoms with Gasteiger partial charge in [-0.2, -0.15) is 0 Å². The van der Waals surface area contributed by atoms with E-state index in [4.69, 9.17) is 5.73 Å². The van der Waals surface area contributed by atoms with Crippen molar-refractivity contribution in [3.05, 3.63) is 0 Å². The van der Waals surface area contributed by atoms with Crippen LogP contribution in [0.15, 0.2) is 0 Å². The molecule has 1 atom stereocenters. The molecule has 1 unspecified atom stereocenters. The van der Waals surface area contributed by atoms with Gasteiger partial charge >= 0.3 is 0 Å². The minimum Gasteiger partial charge on any atom is -0.387 e. The molecule has 0 aromatic carbocycles. The zero-order chi connectivity index (χ0) is 8.48. The standard InChI is InChI=1S/C8H18N2O/c1-10(2)6-8(11,5-9)7-3-4-7/h7,11H,3-6,9H2,1-2H3. The first-order chi connectivity index (χ1) is 5.08. The molecule has 1 aliphatic carbocycles. The van der Waals surface area contributed by atoms with Crippen molar-refractivity contribution in [3.63, 3.8) is 0 Å². The fraction of sp³-hybridized carbons (Fsp3) is 1.00. The van der Waals surface area contributed by atoms with Gasteiger partial charge in [0.2, 0.25) is 0 Å². The lowest BCUT2D eigenvalue weighted by Crippen LogP contribution is -2.48. The first kappa shape index (κ1) is 8.97. The molecule has 3 N–H and O–H groups in total. The van der Waals surface area contributed by atoms with Crippen LogP contribution in [0.3, 0.4) is 0 Å². The number of nitrogens with zero attached hydrogens (tertiary/aromatic N) is 1. The maximum Gasteiger partial charge on any atom is 0.0923 e. The number of nitrogens with two attached hydrogens (primary N) is 1. The van der Waals surface area contributed by atoms with E-state index in [-0.39, 0.29) is 0 Å². The number of rotatable bonds is 4. The van der Waals surface area contributed by atoms with Gasteiger partial charge in [0.1, 0.15) is 0 Å². The zero-order valence-electron chi connectivity index (χ0n) is 7.38. The average Bonchev–Trinajstić information content (AvgIpc) is 2.66. The minimum atomic E-state index is -0.622. The predicted octanol–water partition coefficient (Wildman–Crippen LogP) is -0.352. The summed E-state index contributed by atoms with van der Waals surface area (Å²) >= 11 is 0. The second kappa shape index (κ2) is 3.09. The molecule has 3 nitrogen and oxygen atoms in total. The normalized spacial score (nSPS) is 23.7. The van der Waals surface area contributed by atoms with Crippen molar-refractivity contribution in [2.45, 2.75) is 18.4 Å². The van der Waals surface area contributed by atoms with Crippen LogP contribution in [0.1, 0.15) is 12.8 Å². The van der Waals surface area contributed by atoms with Crippen LogP contribution in [0, 0.1) is 5.92 Å². The maximum atomic E-state index is 9.96. The largest absolute Gasteiger partial charge is 0.387 e. The van der Waals surface area contributed by atoms with Gasteiger partial charge in [0.05, 0.1) is 5.60 Å². The lowest BCUT2D eigenvalue weighted by Gasteiger charge is -2.29. The van der Waals surface area contributed by atoms with Crippen molar-refractivity contribution >= 4 is 0 Å². The van der Waals surface area contributed by atoms with Crippen molar-refractivity contribution in [3.8, 4) is 0 Å². The second-order valence-electron chi connectivity index (χ2n) is 3.82. The Morgan fingerprint density at radius 1 is 1.55 bits per heavy atom. The van der Waals surface area contributed by atoms with Crippen LogP contribution in [0.4, 0.5) is 0 Å². The lowest BCUT2D eigenvalue weighted by molar-refractivity contribution is 0.00340. The second-order valence-corrected chi connectivity index (χ2v) is 3.82. The minimum absolute atomic E-state index is 0.385. The monoisotopic (exact) mass is 158 g/mol. The molecule has 0 aromatic heterocycles. The summed E-state index contributed by atoms with van der Waals surface area (Å²) in [5, 5.41) is 9.96. The van der Waals surface area contributed by atoms with Crippen molar-refractivity contribution in [1.29, 1.82) is 0 Å². The molecular formula is C8H18N2O. The number of hydrogen-bond acceptors (Lipinski definition) is 3. The molecule has 0 bridgehead atoms. The lowest BCUT2D eigenvalue weighted by atomic mass is 9.98. The summed E-state index contributed by atoms with van der Waals surface area (Å²) in [5.41, 5.74) is 4.90. The van der Waals surface area contributed by atoms with Gasteiger partial charge in [0.15, 0.2) is 0 Å². The van der Waals surface area contributed by atoms with Crippen LogP contribution in [0.25, 0.3) is 0 Å². The third-order valence-corrected chi connectivity index (χ3v) is 2.28. The number of hydrogen-bond donors (Lipinski definition) is 2. The zero-order valence-corrected chi connectivity index (χ0v) is 7.38. The highest BCUT2D eigenvalue weighted by atomic mass is 16.3. The fourth-order valence-electron chi connectivity index (χ4n) is 1.53. The predicted molar refractivity (Wildman–Crippen MR) is 45.3 cm³/mol. The summed E-state index contributed by atoms with van der Waals surface area (Å²) in [7, 11) is 3.92. The van der Waals surface area contributed by atoms with E-state index in [1.165, 1.54) is 0 Å². The Balaban J connectivity index is 2.44. The van der Waals surface area contributed by atoms with Gasteiger partial charge in [0, 0.05) is 13.1 Å². The smallest absolute Gasteiger partial charge is 0.0923 e. The third-order valence-electron chi connectivity index (χ3n) is 2.28. The van der Waals surface area contributed by atoms with Crippen molar-refractivity contribution in [2.75, 3.05) is 27.2 Å². The molecule has 66 valence electrons. The van der Waals surface area contributed by atoms with Crippen LogP contribution in [-0.2, 0) is 0 Å². The molecule has 0 aliphatic heterocycles. The Kier molecular flexibility index (Phi) is 2.52. The average molecular weight is 158 g/mol. The molecule has 1 aliphatic rings. The van der Waals surface area contributed by atoms with E-state index in [0.29, 0.717) is 19.0 Å². The van der Waals surface area contributed by atoms with E-state index in [0.717, 1.165) is 12.8 Å². The highest BCUT2D eigenvalue weighted by Crippen LogP contribution is 2.39. The Labute approximate surface area is 68.2 Å². The molecule has 1 fully saturated rings. The fourth-order valence-corrected chi connectivity index (χ4v) is 1.53. The highest BCUT2D eigenvalue weighted by Gasteiger charge is 2.42. The summed E-state index contributed by atoms with van der Waals surface area (Å²) < 4.78 is 0. The molecule has 0 heterocycles. The summed E-state index contributed by atoms with van der Waals surface area (Å²) in [5.74, 6) is 0.454. The van der Waals surface area contributed by atoms with Gasteiger partial charge in [-0.15, -0.1) is 0 Å². The molecule has 0 amide bonds. The van der Waals surface area contributed by atoms with Gasteiger partial charge in [-0.25, -0.2) is 0 Å². The SMILES string of the molecule is CN(C)CC(O)(CN)C1CC1. The first-order valence-corrected chi connectivity index (χ1v) is 4.15. The molecule has 0 radical (unpaired) electrons. The first-order valence-electron chi connectivity index (χ1n) is 4.15. The quantitative estimate of drug-likeness (QED) is 0.588. The summed E-state index contributed by atoms with van der Waals surface area (Å²) in [4.78, 5) is 1.99. The van der Waals surface area contributed by atoms with Crippen LogP contribution < -0.4 is 5.73 Å². The van der Waals surface area contributed by atoms with Crippen LogP contribution in [0.5, 0.6) is 0 Å². The Bertz CT molecular complexity index is 134. The van der Waals surface area contributed by atoms with E-state index in [9.17, 15) is 5.11 Å². The molecule has 0 saturated heterocycles. The van der Waals surface area contributed by atoms with Crippen molar-refractivity contribution in [2.24, 2.45) is 11.7 Å². The molecule has 0 aromatic rings. The van der Waals surface area contributed by atoms with Gasteiger partial charge in [-0.05, 0) is 32.9 Å². The molecule has 0 spiro atoms. The highest BCUT2D eigenvalue weighted by molar-refractivity contribution is 4.96. The Morgan fingerprint density at radius 3 is 2.36 bits per heavy atom. The number of aliphatic hydroxyl groups is 1. The maximum absolute atomic E-state index is 9.96. The van der Waals surface area contributed by atoms with Crippen molar-refractivity contribution in [1.82, 2.24) is 4.90 Å². The van der Waals surface area contributed by atoms with Gasteiger partial charge < -0.3 is 15.7 Å². The number of likely N-dealkylation sites (N-methyl/N-ethyl adjacent to an activating group) is 1. The van der Waals surface area contributed by atoms with Crippen LogP contribution in [0.2, 0.25) is 0 Å². The molecule has 1 saturated carbocycles. The van der Waals surface area contributed by atoms with E-state index < -0.39 is 5.60 Å². The van der Waals surface area contributed by atoms with E-state index in [1.807, 2.05) is 19.0 Å². The van der Waals surface area contributed by atoms with Crippen LogP contribution >= 0.6 is 0 Å². The van der Waals surface area contributed by atoms with Gasteiger partial charge in [-0.3, -0.25) is 0 Å².